The molecule has 1 unspecified atom stereocenters. The zero-order valence-corrected chi connectivity index (χ0v) is 11.7. The number of hydrogen-bond donors (Lipinski definition) is 2. The van der Waals surface area contributed by atoms with Crippen molar-refractivity contribution < 1.29 is 17.9 Å². The van der Waals surface area contributed by atoms with E-state index in [2.05, 4.69) is 15.6 Å². The highest BCUT2D eigenvalue weighted by Crippen LogP contribution is 2.31. The minimum absolute atomic E-state index is 0.0213. The highest BCUT2D eigenvalue weighted by molar-refractivity contribution is 5.80. The Morgan fingerprint density at radius 1 is 1.38 bits per heavy atom. The summed E-state index contributed by atoms with van der Waals surface area (Å²) in [6, 6.07) is 7.59. The van der Waals surface area contributed by atoms with E-state index in [0.717, 1.165) is 17.7 Å². The molecule has 0 saturated heterocycles. The summed E-state index contributed by atoms with van der Waals surface area (Å²) in [5.41, 5.74) is 0.988. The van der Waals surface area contributed by atoms with E-state index in [4.69, 9.17) is 4.74 Å². The Kier molecular flexibility index (Phi) is 4.93. The second-order valence-corrected chi connectivity index (χ2v) is 4.74. The van der Waals surface area contributed by atoms with Crippen molar-refractivity contribution in [1.82, 2.24) is 10.6 Å². The van der Waals surface area contributed by atoms with Crippen molar-refractivity contribution in [2.75, 3.05) is 20.2 Å². The third kappa shape index (κ3) is 4.54. The van der Waals surface area contributed by atoms with Crippen LogP contribution in [0.2, 0.25) is 0 Å². The molecule has 0 amide bonds. The first-order valence-corrected chi connectivity index (χ1v) is 6.75. The number of halogens is 3. The molecule has 0 fully saturated rings. The lowest BCUT2D eigenvalue weighted by atomic mass is 10.0. The average molecular weight is 301 g/mol. The summed E-state index contributed by atoms with van der Waals surface area (Å²) < 4.78 is 42.0. The van der Waals surface area contributed by atoms with Gasteiger partial charge in [-0.3, -0.25) is 4.99 Å². The molecule has 4 nitrogen and oxygen atoms in total. The summed E-state index contributed by atoms with van der Waals surface area (Å²) in [4.78, 5) is 3.96. The standard InChI is InChI=1S/C14H18F3N3O/c1-18-13(19-8-7-14(15,16)17)20-11-6-9-21-12-5-3-2-4-10(11)12/h2-5,11H,6-9H2,1H3,(H2,18,19,20). The highest BCUT2D eigenvalue weighted by atomic mass is 19.4. The summed E-state index contributed by atoms with van der Waals surface area (Å²) >= 11 is 0. The first-order chi connectivity index (χ1) is 9.99. The molecular weight excluding hydrogens is 283 g/mol. The number of nitrogens with zero attached hydrogens (tertiary/aromatic N) is 1. The second kappa shape index (κ2) is 6.69. The van der Waals surface area contributed by atoms with Gasteiger partial charge in [-0.05, 0) is 6.07 Å². The maximum absolute atomic E-state index is 12.1. The molecule has 116 valence electrons. The summed E-state index contributed by atoms with van der Waals surface area (Å²) in [6.45, 7) is 0.363. The molecule has 0 saturated carbocycles. The number of para-hydroxylation sites is 1. The van der Waals surface area contributed by atoms with Crippen LogP contribution in [0.15, 0.2) is 29.3 Å². The number of fused-ring (bicyclic) bond motifs is 1. The number of ether oxygens (including phenoxy) is 1. The molecular formula is C14H18F3N3O. The van der Waals surface area contributed by atoms with Crippen LogP contribution in [-0.2, 0) is 0 Å². The van der Waals surface area contributed by atoms with Gasteiger partial charge >= 0.3 is 6.18 Å². The van der Waals surface area contributed by atoms with E-state index in [0.29, 0.717) is 12.6 Å². The molecule has 1 aromatic carbocycles. The van der Waals surface area contributed by atoms with Crippen molar-refractivity contribution in [3.8, 4) is 5.75 Å². The van der Waals surface area contributed by atoms with Crippen molar-refractivity contribution in [3.63, 3.8) is 0 Å². The molecule has 1 aliphatic rings. The van der Waals surface area contributed by atoms with Gasteiger partial charge in [-0.1, -0.05) is 18.2 Å². The number of guanidine groups is 1. The van der Waals surface area contributed by atoms with E-state index < -0.39 is 12.6 Å². The molecule has 1 atom stereocenters. The average Bonchev–Trinajstić information content (AvgIpc) is 2.45. The Balaban J connectivity index is 1.94. The Hall–Kier alpha value is -1.92. The van der Waals surface area contributed by atoms with Crippen LogP contribution in [0.5, 0.6) is 5.75 Å². The van der Waals surface area contributed by atoms with Crippen LogP contribution in [0.3, 0.4) is 0 Å². The van der Waals surface area contributed by atoms with Crippen LogP contribution in [0, 0.1) is 0 Å². The number of rotatable bonds is 3. The Morgan fingerprint density at radius 3 is 2.86 bits per heavy atom. The first kappa shape index (κ1) is 15.5. The Labute approximate surface area is 121 Å². The Bertz CT molecular complexity index is 502. The van der Waals surface area contributed by atoms with Crippen LogP contribution in [0.25, 0.3) is 0 Å². The van der Waals surface area contributed by atoms with E-state index in [1.165, 1.54) is 7.05 Å². The van der Waals surface area contributed by atoms with E-state index in [1.54, 1.807) is 0 Å². The van der Waals surface area contributed by atoms with Crippen LogP contribution < -0.4 is 15.4 Å². The van der Waals surface area contributed by atoms with Crippen molar-refractivity contribution in [2.45, 2.75) is 25.1 Å². The lowest BCUT2D eigenvalue weighted by molar-refractivity contribution is -0.132. The van der Waals surface area contributed by atoms with Gasteiger partial charge in [0.15, 0.2) is 5.96 Å². The van der Waals surface area contributed by atoms with Gasteiger partial charge in [-0.2, -0.15) is 13.2 Å². The van der Waals surface area contributed by atoms with Crippen LogP contribution in [0.1, 0.15) is 24.4 Å². The quantitative estimate of drug-likeness (QED) is 0.666. The lowest BCUT2D eigenvalue weighted by Gasteiger charge is -2.28. The minimum Gasteiger partial charge on any atom is -0.493 e. The highest BCUT2D eigenvalue weighted by Gasteiger charge is 2.27. The predicted octanol–water partition coefficient (Wildman–Crippen LogP) is 2.63. The molecule has 0 spiro atoms. The number of nitrogens with one attached hydrogen (secondary N) is 2. The summed E-state index contributed by atoms with van der Waals surface area (Å²) in [6.07, 6.45) is -4.33. The van der Waals surface area contributed by atoms with Gasteiger partial charge in [0, 0.05) is 25.6 Å². The molecule has 0 radical (unpaired) electrons. The van der Waals surface area contributed by atoms with Gasteiger partial charge in [0.25, 0.3) is 0 Å². The van der Waals surface area contributed by atoms with Crippen LogP contribution in [-0.4, -0.2) is 32.3 Å². The summed E-state index contributed by atoms with van der Waals surface area (Å²) in [5, 5.41) is 5.82. The van der Waals surface area contributed by atoms with Gasteiger partial charge in [-0.25, -0.2) is 0 Å². The summed E-state index contributed by atoms with van der Waals surface area (Å²) in [7, 11) is 1.54. The molecule has 1 heterocycles. The molecule has 21 heavy (non-hydrogen) atoms. The van der Waals surface area contributed by atoms with Crippen molar-refractivity contribution >= 4 is 5.96 Å². The van der Waals surface area contributed by atoms with E-state index >= 15 is 0 Å². The summed E-state index contributed by atoms with van der Waals surface area (Å²) in [5.74, 6) is 1.16. The van der Waals surface area contributed by atoms with Crippen molar-refractivity contribution in [3.05, 3.63) is 29.8 Å². The number of aliphatic imine (C=N–C) groups is 1. The molecule has 0 bridgehead atoms. The fourth-order valence-electron chi connectivity index (χ4n) is 2.17. The van der Waals surface area contributed by atoms with Gasteiger partial charge in [0.1, 0.15) is 5.75 Å². The molecule has 1 aromatic rings. The molecule has 0 aliphatic carbocycles. The Morgan fingerprint density at radius 2 is 2.14 bits per heavy atom. The maximum Gasteiger partial charge on any atom is 0.390 e. The van der Waals surface area contributed by atoms with E-state index in [9.17, 15) is 13.2 Å². The molecule has 2 rings (SSSR count). The zero-order chi connectivity index (χ0) is 15.3. The van der Waals surface area contributed by atoms with Gasteiger partial charge in [-0.15, -0.1) is 0 Å². The number of benzene rings is 1. The third-order valence-corrected chi connectivity index (χ3v) is 3.19. The maximum atomic E-state index is 12.1. The topological polar surface area (TPSA) is 45.7 Å². The molecule has 1 aliphatic heterocycles. The fourth-order valence-corrected chi connectivity index (χ4v) is 2.17. The minimum atomic E-state index is -4.17. The first-order valence-electron chi connectivity index (χ1n) is 6.75. The fraction of sp³-hybridized carbons (Fsp3) is 0.500. The van der Waals surface area contributed by atoms with Crippen molar-refractivity contribution in [1.29, 1.82) is 0 Å². The lowest BCUT2D eigenvalue weighted by Crippen LogP contribution is -2.42. The zero-order valence-electron chi connectivity index (χ0n) is 11.7. The van der Waals surface area contributed by atoms with Gasteiger partial charge < -0.3 is 15.4 Å². The third-order valence-electron chi connectivity index (χ3n) is 3.19. The smallest absolute Gasteiger partial charge is 0.390 e. The predicted molar refractivity (Wildman–Crippen MR) is 74.5 cm³/mol. The van der Waals surface area contributed by atoms with Gasteiger partial charge in [0.2, 0.25) is 0 Å². The molecule has 7 heteroatoms. The monoisotopic (exact) mass is 301 g/mol. The molecule has 2 N–H and O–H groups in total. The largest absolute Gasteiger partial charge is 0.493 e. The van der Waals surface area contributed by atoms with E-state index in [1.807, 2.05) is 24.3 Å². The van der Waals surface area contributed by atoms with Crippen molar-refractivity contribution in [2.24, 2.45) is 4.99 Å². The number of hydrogen-bond acceptors (Lipinski definition) is 2. The second-order valence-electron chi connectivity index (χ2n) is 4.74. The SMILES string of the molecule is CN=C(NCCC(F)(F)F)NC1CCOc2ccccc21. The van der Waals surface area contributed by atoms with Crippen LogP contribution in [0.4, 0.5) is 13.2 Å². The number of alkyl halides is 3. The van der Waals surface area contributed by atoms with Gasteiger partial charge in [0.05, 0.1) is 19.1 Å². The van der Waals surface area contributed by atoms with E-state index in [-0.39, 0.29) is 12.6 Å². The normalized spacial score (nSPS) is 18.7. The molecule has 0 aromatic heterocycles. The van der Waals surface area contributed by atoms with Crippen LogP contribution >= 0.6 is 0 Å².